The molecular formula is C25H20ClFN2O3. The average Bonchev–Trinajstić information content (AvgIpc) is 2.81. The number of nitrogens with one attached hydrogen (secondary N) is 1. The molecule has 0 amide bonds. The maximum atomic E-state index is 13.9. The van der Waals surface area contributed by atoms with E-state index in [1.807, 2.05) is 0 Å². The molecule has 0 fully saturated rings. The normalized spacial score (nSPS) is 10.8. The molecule has 0 bridgehead atoms. The number of nitrogens with zero attached hydrogens (tertiary/aromatic N) is 1. The molecule has 0 saturated carbocycles. The molecule has 0 heterocycles. The number of esters is 1. The van der Waals surface area contributed by atoms with Gasteiger partial charge in [-0.25, -0.2) is 9.18 Å². The molecule has 162 valence electrons. The summed E-state index contributed by atoms with van der Waals surface area (Å²) >= 11 is 5.98. The van der Waals surface area contributed by atoms with Crippen LogP contribution in [0.25, 0.3) is 0 Å². The molecule has 0 aliphatic heterocycles. The van der Waals surface area contributed by atoms with Crippen LogP contribution in [0, 0.1) is 17.7 Å². The van der Waals surface area contributed by atoms with Crippen LogP contribution >= 0.6 is 11.6 Å². The Balaban J connectivity index is 2.00. The second-order valence-corrected chi connectivity index (χ2v) is 7.07. The summed E-state index contributed by atoms with van der Waals surface area (Å²) in [6.07, 6.45) is 0. The number of rotatable bonds is 5. The molecule has 0 atom stereocenters. The number of aliphatic imine (C=N–C) groups is 1. The summed E-state index contributed by atoms with van der Waals surface area (Å²) in [5.41, 5.74) is 2.86. The van der Waals surface area contributed by atoms with E-state index in [-0.39, 0.29) is 17.9 Å². The number of hydrogen-bond donors (Lipinski definition) is 2. The van der Waals surface area contributed by atoms with Crippen LogP contribution in [0.5, 0.6) is 5.75 Å². The van der Waals surface area contributed by atoms with Crippen LogP contribution in [0.2, 0.25) is 5.02 Å². The lowest BCUT2D eigenvalue weighted by molar-refractivity contribution is 0.0600. The minimum Gasteiger partial charge on any atom is -0.507 e. The largest absolute Gasteiger partial charge is 0.507 e. The summed E-state index contributed by atoms with van der Waals surface area (Å²) in [6, 6.07) is 15.6. The number of halogens is 2. The van der Waals surface area contributed by atoms with Crippen molar-refractivity contribution in [1.29, 1.82) is 0 Å². The highest BCUT2D eigenvalue weighted by Gasteiger charge is 2.13. The SMILES string of the molecule is CNc1ccc(C(=O)OC)c(C#CC/N=C(/c2ccc(Cl)cc2)c2cc(F)ccc2O)c1. The van der Waals surface area contributed by atoms with E-state index >= 15 is 0 Å². The fraction of sp³-hybridized carbons (Fsp3) is 0.120. The minimum atomic E-state index is -0.503. The molecule has 32 heavy (non-hydrogen) atoms. The zero-order valence-corrected chi connectivity index (χ0v) is 18.2. The van der Waals surface area contributed by atoms with Gasteiger partial charge in [0.15, 0.2) is 0 Å². The lowest BCUT2D eigenvalue weighted by atomic mass is 10.0. The molecule has 5 nitrogen and oxygen atoms in total. The van der Waals surface area contributed by atoms with Gasteiger partial charge in [0, 0.05) is 34.4 Å². The topological polar surface area (TPSA) is 70.9 Å². The maximum absolute atomic E-state index is 13.9. The first-order chi connectivity index (χ1) is 15.4. The van der Waals surface area contributed by atoms with E-state index in [0.29, 0.717) is 27.4 Å². The van der Waals surface area contributed by atoms with Crippen molar-refractivity contribution in [3.05, 3.63) is 93.8 Å². The molecule has 2 N–H and O–H groups in total. The molecular weight excluding hydrogens is 431 g/mol. The van der Waals surface area contributed by atoms with E-state index in [2.05, 4.69) is 22.2 Å². The van der Waals surface area contributed by atoms with Crippen molar-refractivity contribution in [3.63, 3.8) is 0 Å². The van der Waals surface area contributed by atoms with Gasteiger partial charge in [0.05, 0.1) is 18.4 Å². The molecule has 0 aliphatic rings. The van der Waals surface area contributed by atoms with Gasteiger partial charge in [-0.15, -0.1) is 0 Å². The highest BCUT2D eigenvalue weighted by molar-refractivity contribution is 6.30. The van der Waals surface area contributed by atoms with Gasteiger partial charge in [0.25, 0.3) is 0 Å². The minimum absolute atomic E-state index is 0.0400. The quantitative estimate of drug-likeness (QED) is 0.329. The zero-order valence-electron chi connectivity index (χ0n) is 17.4. The van der Waals surface area contributed by atoms with E-state index in [9.17, 15) is 14.3 Å². The number of methoxy groups -OCH3 is 1. The Bertz CT molecular complexity index is 1230. The van der Waals surface area contributed by atoms with Gasteiger partial charge in [-0.1, -0.05) is 35.6 Å². The monoisotopic (exact) mass is 450 g/mol. The van der Waals surface area contributed by atoms with Gasteiger partial charge in [-0.05, 0) is 48.5 Å². The van der Waals surface area contributed by atoms with Crippen LogP contribution in [0.4, 0.5) is 10.1 Å². The number of ether oxygens (including phenoxy) is 1. The Labute approximate surface area is 190 Å². The second kappa shape index (κ2) is 10.5. The standard InChI is InChI=1S/C25H20ClFN2O3/c1-28-20-10-11-21(25(31)32-2)17(14-20)4-3-13-29-24(16-5-7-18(26)8-6-16)22-15-19(27)9-12-23(22)30/h5-12,14-15,28,30H,13H2,1-2H3/b29-24-. The number of phenols is 1. The first kappa shape index (κ1) is 22.9. The van der Waals surface area contributed by atoms with Crippen LogP contribution < -0.4 is 5.32 Å². The van der Waals surface area contributed by atoms with Gasteiger partial charge in [0.2, 0.25) is 0 Å². The van der Waals surface area contributed by atoms with Gasteiger partial charge in [0.1, 0.15) is 18.1 Å². The average molecular weight is 451 g/mol. The Morgan fingerprint density at radius 3 is 2.56 bits per heavy atom. The molecule has 0 unspecified atom stereocenters. The molecule has 7 heteroatoms. The third-order valence-corrected chi connectivity index (χ3v) is 4.84. The number of hydrogen-bond acceptors (Lipinski definition) is 5. The molecule has 0 radical (unpaired) electrons. The van der Waals surface area contributed by atoms with Crippen molar-refractivity contribution in [3.8, 4) is 17.6 Å². The summed E-state index contributed by atoms with van der Waals surface area (Å²) in [4.78, 5) is 16.5. The number of aromatic hydroxyl groups is 1. The Morgan fingerprint density at radius 1 is 1.12 bits per heavy atom. The van der Waals surface area contributed by atoms with E-state index in [1.165, 1.54) is 25.3 Å². The molecule has 3 aromatic rings. The lowest BCUT2D eigenvalue weighted by Crippen LogP contribution is -2.06. The van der Waals surface area contributed by atoms with Crippen molar-refractivity contribution in [2.45, 2.75) is 0 Å². The van der Waals surface area contributed by atoms with E-state index in [1.54, 1.807) is 49.5 Å². The number of carbonyl (C=O) groups excluding carboxylic acids is 1. The predicted octanol–water partition coefficient (Wildman–Crippen LogP) is 4.90. The van der Waals surface area contributed by atoms with Crippen molar-refractivity contribution in [1.82, 2.24) is 0 Å². The third-order valence-electron chi connectivity index (χ3n) is 4.58. The Hall–Kier alpha value is -3.82. The molecule has 0 spiro atoms. The summed E-state index contributed by atoms with van der Waals surface area (Å²) in [5.74, 6) is 4.75. The summed E-state index contributed by atoms with van der Waals surface area (Å²) in [7, 11) is 3.07. The van der Waals surface area contributed by atoms with Gasteiger partial charge in [-0.3, -0.25) is 4.99 Å². The fourth-order valence-corrected chi connectivity index (χ4v) is 3.11. The fourth-order valence-electron chi connectivity index (χ4n) is 2.98. The molecule has 0 aliphatic carbocycles. The summed E-state index contributed by atoms with van der Waals surface area (Å²) in [6.45, 7) is 0.0400. The van der Waals surface area contributed by atoms with Crippen LogP contribution in [0.3, 0.4) is 0 Å². The summed E-state index contributed by atoms with van der Waals surface area (Å²) in [5, 5.41) is 13.8. The van der Waals surface area contributed by atoms with Crippen molar-refractivity contribution >= 4 is 29.0 Å². The Morgan fingerprint density at radius 2 is 1.88 bits per heavy atom. The van der Waals surface area contributed by atoms with Gasteiger partial charge in [-0.2, -0.15) is 0 Å². The highest BCUT2D eigenvalue weighted by atomic mass is 35.5. The first-order valence-corrected chi connectivity index (χ1v) is 9.99. The van der Waals surface area contributed by atoms with E-state index < -0.39 is 11.8 Å². The van der Waals surface area contributed by atoms with E-state index in [4.69, 9.17) is 16.3 Å². The van der Waals surface area contributed by atoms with Crippen molar-refractivity contribution < 1.29 is 19.0 Å². The van der Waals surface area contributed by atoms with Crippen molar-refractivity contribution in [2.75, 3.05) is 26.0 Å². The smallest absolute Gasteiger partial charge is 0.339 e. The third kappa shape index (κ3) is 5.45. The highest BCUT2D eigenvalue weighted by Crippen LogP contribution is 2.23. The number of phenolic OH excluding ortho intramolecular Hbond substituents is 1. The molecule has 3 rings (SSSR count). The van der Waals surface area contributed by atoms with Gasteiger partial charge < -0.3 is 15.2 Å². The van der Waals surface area contributed by atoms with Crippen molar-refractivity contribution in [2.24, 2.45) is 4.99 Å². The zero-order chi connectivity index (χ0) is 23.1. The molecule has 0 saturated heterocycles. The van der Waals surface area contributed by atoms with Crippen LogP contribution in [0.1, 0.15) is 27.0 Å². The number of carbonyl (C=O) groups is 1. The van der Waals surface area contributed by atoms with Crippen LogP contribution in [-0.4, -0.2) is 37.5 Å². The molecule has 0 aromatic heterocycles. The van der Waals surface area contributed by atoms with E-state index in [0.717, 1.165) is 5.69 Å². The summed E-state index contributed by atoms with van der Waals surface area (Å²) < 4.78 is 18.7. The second-order valence-electron chi connectivity index (χ2n) is 6.64. The predicted molar refractivity (Wildman–Crippen MR) is 124 cm³/mol. The first-order valence-electron chi connectivity index (χ1n) is 9.61. The van der Waals surface area contributed by atoms with Gasteiger partial charge >= 0.3 is 5.97 Å². The number of benzene rings is 3. The number of anilines is 1. The molecule has 3 aromatic carbocycles. The maximum Gasteiger partial charge on any atom is 0.339 e. The van der Waals surface area contributed by atoms with Crippen LogP contribution in [0.15, 0.2) is 65.7 Å². The van der Waals surface area contributed by atoms with Crippen LogP contribution in [-0.2, 0) is 4.74 Å². The lowest BCUT2D eigenvalue weighted by Gasteiger charge is -2.09. The Kier molecular flexibility index (Phi) is 7.48.